The molecule has 2 aromatic heterocycles. The quantitative estimate of drug-likeness (QED) is 0.883. The van der Waals surface area contributed by atoms with Crippen LogP contribution in [0.2, 0.25) is 0 Å². The first-order valence-corrected chi connectivity index (χ1v) is 5.06. The number of hydrogen-bond acceptors (Lipinski definition) is 4. The van der Waals surface area contributed by atoms with Crippen LogP contribution in [0, 0.1) is 11.6 Å². The summed E-state index contributed by atoms with van der Waals surface area (Å²) in [5.74, 6) is -3.26. The smallest absolute Gasteiger partial charge is 0.323 e. The third kappa shape index (κ3) is 2.62. The van der Waals surface area contributed by atoms with Gasteiger partial charge in [-0.1, -0.05) is 0 Å². The predicted molar refractivity (Wildman–Crippen MR) is 59.3 cm³/mol. The first kappa shape index (κ1) is 12.8. The highest BCUT2D eigenvalue weighted by Gasteiger charge is 2.15. The third-order valence-electron chi connectivity index (χ3n) is 2.27. The van der Waals surface area contributed by atoms with Crippen molar-refractivity contribution in [2.75, 3.05) is 0 Å². The van der Waals surface area contributed by atoms with Gasteiger partial charge >= 0.3 is 5.97 Å². The summed E-state index contributed by atoms with van der Waals surface area (Å²) in [7, 11) is 0. The summed E-state index contributed by atoms with van der Waals surface area (Å²) in [6, 6.07) is 0.972. The van der Waals surface area contributed by atoms with E-state index in [1.165, 1.54) is 0 Å². The molecule has 0 aliphatic rings. The van der Waals surface area contributed by atoms with Crippen LogP contribution >= 0.6 is 0 Å². The second-order valence-corrected chi connectivity index (χ2v) is 3.63. The molecule has 0 saturated heterocycles. The summed E-state index contributed by atoms with van der Waals surface area (Å²) in [6.07, 6.45) is 2.96. The van der Waals surface area contributed by atoms with Gasteiger partial charge in [-0.3, -0.25) is 19.1 Å². The fourth-order valence-electron chi connectivity index (χ4n) is 1.46. The lowest BCUT2D eigenvalue weighted by Gasteiger charge is -2.05. The number of aliphatic carboxylic acids is 1. The Hall–Kier alpha value is -2.64. The van der Waals surface area contributed by atoms with Crippen LogP contribution in [0.25, 0.3) is 11.3 Å². The third-order valence-corrected chi connectivity index (χ3v) is 2.27. The SMILES string of the molecule is O=C(O)Cn1cnc(-c2cncc(F)c2)c(F)c1=O. The van der Waals surface area contributed by atoms with Gasteiger partial charge in [0, 0.05) is 11.8 Å². The van der Waals surface area contributed by atoms with E-state index in [4.69, 9.17) is 5.11 Å². The van der Waals surface area contributed by atoms with Crippen LogP contribution in [0.4, 0.5) is 8.78 Å². The van der Waals surface area contributed by atoms with E-state index < -0.39 is 29.7 Å². The second kappa shape index (κ2) is 4.92. The molecule has 0 atom stereocenters. The molecule has 0 aliphatic carbocycles. The van der Waals surface area contributed by atoms with Crippen molar-refractivity contribution in [2.45, 2.75) is 6.54 Å². The lowest BCUT2D eigenvalue weighted by molar-refractivity contribution is -0.137. The van der Waals surface area contributed by atoms with Gasteiger partial charge in [0.05, 0.1) is 12.5 Å². The highest BCUT2D eigenvalue weighted by molar-refractivity contribution is 5.66. The van der Waals surface area contributed by atoms with Gasteiger partial charge < -0.3 is 5.11 Å². The minimum absolute atomic E-state index is 0.00271. The minimum Gasteiger partial charge on any atom is -0.480 e. The molecule has 0 bridgehead atoms. The average molecular weight is 267 g/mol. The van der Waals surface area contributed by atoms with Crippen molar-refractivity contribution in [1.29, 1.82) is 0 Å². The van der Waals surface area contributed by atoms with Gasteiger partial charge in [-0.05, 0) is 6.07 Å². The van der Waals surface area contributed by atoms with Gasteiger partial charge in [-0.15, -0.1) is 0 Å². The van der Waals surface area contributed by atoms with E-state index in [0.29, 0.717) is 4.57 Å². The summed E-state index contributed by atoms with van der Waals surface area (Å²) >= 11 is 0. The van der Waals surface area contributed by atoms with E-state index in [2.05, 4.69) is 9.97 Å². The minimum atomic E-state index is -1.30. The van der Waals surface area contributed by atoms with E-state index in [1.54, 1.807) is 0 Å². The Morgan fingerprint density at radius 1 is 1.37 bits per heavy atom. The molecule has 0 unspecified atom stereocenters. The van der Waals surface area contributed by atoms with Crippen molar-refractivity contribution in [3.05, 3.63) is 46.8 Å². The molecule has 98 valence electrons. The molecule has 0 fully saturated rings. The van der Waals surface area contributed by atoms with Crippen molar-refractivity contribution >= 4 is 5.97 Å². The molecule has 2 aromatic rings. The van der Waals surface area contributed by atoms with Gasteiger partial charge in [-0.2, -0.15) is 4.39 Å². The number of hydrogen-bond donors (Lipinski definition) is 1. The maximum atomic E-state index is 13.8. The first-order valence-electron chi connectivity index (χ1n) is 5.06. The Morgan fingerprint density at radius 2 is 2.11 bits per heavy atom. The lowest BCUT2D eigenvalue weighted by atomic mass is 10.2. The number of carboxylic acids is 1. The van der Waals surface area contributed by atoms with E-state index in [9.17, 15) is 18.4 Å². The van der Waals surface area contributed by atoms with Crippen molar-refractivity contribution in [3.8, 4) is 11.3 Å². The number of aromatic nitrogens is 3. The highest BCUT2D eigenvalue weighted by atomic mass is 19.1. The topological polar surface area (TPSA) is 85.1 Å². The summed E-state index contributed by atoms with van der Waals surface area (Å²) in [5.41, 5.74) is -1.52. The van der Waals surface area contributed by atoms with E-state index in [1.807, 2.05) is 0 Å². The monoisotopic (exact) mass is 267 g/mol. The molecule has 6 nitrogen and oxygen atoms in total. The zero-order valence-corrected chi connectivity index (χ0v) is 9.38. The Morgan fingerprint density at radius 3 is 2.74 bits per heavy atom. The summed E-state index contributed by atoms with van der Waals surface area (Å²) in [5, 5.41) is 8.54. The summed E-state index contributed by atoms with van der Waals surface area (Å²) in [4.78, 5) is 29.2. The van der Waals surface area contributed by atoms with Gasteiger partial charge in [0.25, 0.3) is 5.56 Å². The molecule has 0 spiro atoms. The maximum Gasteiger partial charge on any atom is 0.323 e. The normalized spacial score (nSPS) is 10.4. The van der Waals surface area contributed by atoms with Crippen LogP contribution in [0.5, 0.6) is 0 Å². The van der Waals surface area contributed by atoms with Gasteiger partial charge in [0.1, 0.15) is 18.1 Å². The number of nitrogens with zero attached hydrogens (tertiary/aromatic N) is 3. The molecule has 1 N–H and O–H groups in total. The molecule has 0 aromatic carbocycles. The average Bonchev–Trinajstić information content (AvgIpc) is 2.35. The number of halogens is 2. The summed E-state index contributed by atoms with van der Waals surface area (Å²) < 4.78 is 27.4. The second-order valence-electron chi connectivity index (χ2n) is 3.63. The zero-order chi connectivity index (χ0) is 14.0. The molecule has 2 heterocycles. The Labute approximate surface area is 105 Å². The molecule has 0 radical (unpaired) electrons. The Balaban J connectivity index is 2.53. The highest BCUT2D eigenvalue weighted by Crippen LogP contribution is 2.17. The zero-order valence-electron chi connectivity index (χ0n) is 9.38. The van der Waals surface area contributed by atoms with Crippen molar-refractivity contribution in [2.24, 2.45) is 0 Å². The van der Waals surface area contributed by atoms with Gasteiger partial charge in [0.15, 0.2) is 0 Å². The number of rotatable bonds is 3. The molecule has 0 aliphatic heterocycles. The fraction of sp³-hybridized carbons (Fsp3) is 0.0909. The lowest BCUT2D eigenvalue weighted by Crippen LogP contribution is -2.27. The van der Waals surface area contributed by atoms with Crippen LogP contribution in [0.3, 0.4) is 0 Å². The van der Waals surface area contributed by atoms with Gasteiger partial charge in [0.2, 0.25) is 5.82 Å². The first-order chi connectivity index (χ1) is 8.99. The molecular weight excluding hydrogens is 260 g/mol. The van der Waals surface area contributed by atoms with Crippen LogP contribution in [-0.2, 0) is 11.3 Å². The molecule has 2 rings (SSSR count). The van der Waals surface area contributed by atoms with Crippen LogP contribution in [-0.4, -0.2) is 25.6 Å². The van der Waals surface area contributed by atoms with Crippen LogP contribution in [0.15, 0.2) is 29.6 Å². The molecule has 0 saturated carbocycles. The van der Waals surface area contributed by atoms with Crippen molar-refractivity contribution < 1.29 is 18.7 Å². The van der Waals surface area contributed by atoms with E-state index in [0.717, 1.165) is 24.8 Å². The van der Waals surface area contributed by atoms with Crippen molar-refractivity contribution in [1.82, 2.24) is 14.5 Å². The fourth-order valence-corrected chi connectivity index (χ4v) is 1.46. The maximum absolute atomic E-state index is 13.8. The predicted octanol–water partition coefficient (Wildman–Crippen LogP) is 0.668. The number of carboxylic acid groups (broad SMARTS) is 1. The van der Waals surface area contributed by atoms with Crippen molar-refractivity contribution in [3.63, 3.8) is 0 Å². The van der Waals surface area contributed by atoms with Crippen LogP contribution in [0.1, 0.15) is 0 Å². The molecule has 0 amide bonds. The van der Waals surface area contributed by atoms with Gasteiger partial charge in [-0.25, -0.2) is 9.37 Å². The Kier molecular flexibility index (Phi) is 3.32. The van der Waals surface area contributed by atoms with E-state index in [-0.39, 0.29) is 11.3 Å². The van der Waals surface area contributed by atoms with E-state index >= 15 is 0 Å². The molecule has 19 heavy (non-hydrogen) atoms. The largest absolute Gasteiger partial charge is 0.480 e. The molecule has 8 heteroatoms. The Bertz CT molecular complexity index is 700. The standard InChI is InChI=1S/C11H7F2N3O3/c12-7-1-6(2-14-3-7)10-9(13)11(19)16(5-15-10)4-8(17)18/h1-3,5H,4H2,(H,17,18). The summed E-state index contributed by atoms with van der Waals surface area (Å²) in [6.45, 7) is -0.704. The number of pyridine rings is 1. The molecular formula is C11H7F2N3O3. The van der Waals surface area contributed by atoms with Crippen LogP contribution < -0.4 is 5.56 Å². The number of carbonyl (C=O) groups is 1.